The Morgan fingerprint density at radius 1 is 1.53 bits per heavy atom. The summed E-state index contributed by atoms with van der Waals surface area (Å²) in [6.07, 6.45) is 0. The van der Waals surface area contributed by atoms with Crippen molar-refractivity contribution < 1.29 is 4.79 Å². The van der Waals surface area contributed by atoms with E-state index in [2.05, 4.69) is 5.32 Å². The highest BCUT2D eigenvalue weighted by Crippen LogP contribution is 2.27. The van der Waals surface area contributed by atoms with Crippen LogP contribution in [0.2, 0.25) is 5.02 Å². The number of halogens is 1. The zero-order chi connectivity index (χ0) is 12.8. The van der Waals surface area contributed by atoms with E-state index < -0.39 is 0 Å². The van der Waals surface area contributed by atoms with Crippen molar-refractivity contribution >= 4 is 35.0 Å². The molecule has 0 unspecified atom stereocenters. The molecule has 1 rings (SSSR count). The minimum atomic E-state index is -0.140. The second-order valence-corrected chi connectivity index (χ2v) is 5.03. The number of amides is 1. The van der Waals surface area contributed by atoms with Crippen LogP contribution in [0.3, 0.4) is 0 Å². The third-order valence-electron chi connectivity index (χ3n) is 2.10. The largest absolute Gasteiger partial charge is 0.324 e. The van der Waals surface area contributed by atoms with Crippen molar-refractivity contribution in [1.29, 1.82) is 5.26 Å². The Bertz CT molecular complexity index is 445. The van der Waals surface area contributed by atoms with Crippen molar-refractivity contribution in [2.24, 2.45) is 0 Å². The number of aryl methyl sites for hydroxylation is 2. The molecular formula is C12H13ClN2OS. The molecule has 1 aromatic carbocycles. The molecule has 0 saturated carbocycles. The summed E-state index contributed by atoms with van der Waals surface area (Å²) >= 11 is 7.35. The van der Waals surface area contributed by atoms with Crippen LogP contribution >= 0.6 is 23.4 Å². The third kappa shape index (κ3) is 4.29. The summed E-state index contributed by atoms with van der Waals surface area (Å²) in [6, 6.07) is 5.75. The van der Waals surface area contributed by atoms with Crippen LogP contribution in [0.5, 0.6) is 0 Å². The van der Waals surface area contributed by atoms with Crippen molar-refractivity contribution in [3.63, 3.8) is 0 Å². The highest BCUT2D eigenvalue weighted by molar-refractivity contribution is 8.00. The molecule has 1 aromatic rings. The van der Waals surface area contributed by atoms with Gasteiger partial charge in [-0.15, -0.1) is 11.8 Å². The lowest BCUT2D eigenvalue weighted by Gasteiger charge is -2.11. The summed E-state index contributed by atoms with van der Waals surface area (Å²) in [5, 5.41) is 11.7. The first-order valence-corrected chi connectivity index (χ1v) is 6.59. The van der Waals surface area contributed by atoms with Gasteiger partial charge in [-0.1, -0.05) is 17.7 Å². The van der Waals surface area contributed by atoms with Crippen LogP contribution in [0.25, 0.3) is 0 Å². The summed E-state index contributed by atoms with van der Waals surface area (Å²) in [7, 11) is 0. The van der Waals surface area contributed by atoms with Crippen molar-refractivity contribution in [3.05, 3.63) is 28.3 Å². The summed E-state index contributed by atoms with van der Waals surface area (Å²) in [4.78, 5) is 11.6. The van der Waals surface area contributed by atoms with Crippen LogP contribution in [0.4, 0.5) is 5.69 Å². The van der Waals surface area contributed by atoms with Crippen LogP contribution < -0.4 is 5.32 Å². The standard InChI is InChI=1S/C12H13ClN2OS/c1-8-5-9(2)12(10(13)6-8)15-11(16)7-17-4-3-14/h5-6H,4,7H2,1-2H3,(H,15,16). The van der Waals surface area contributed by atoms with Gasteiger partial charge in [0, 0.05) is 0 Å². The Kier molecular flexibility index (Phi) is 5.33. The third-order valence-corrected chi connectivity index (χ3v) is 3.19. The Balaban J connectivity index is 2.69. The van der Waals surface area contributed by atoms with E-state index in [1.807, 2.05) is 32.0 Å². The summed E-state index contributed by atoms with van der Waals surface area (Å²) < 4.78 is 0. The number of carbonyl (C=O) groups is 1. The fraction of sp³-hybridized carbons (Fsp3) is 0.333. The Morgan fingerprint density at radius 3 is 2.82 bits per heavy atom. The summed E-state index contributed by atoms with van der Waals surface area (Å²) in [5.74, 6) is 0.435. The molecule has 0 heterocycles. The first-order chi connectivity index (χ1) is 8.04. The maximum Gasteiger partial charge on any atom is 0.234 e. The highest BCUT2D eigenvalue weighted by atomic mass is 35.5. The number of hydrogen-bond acceptors (Lipinski definition) is 3. The van der Waals surface area contributed by atoms with Crippen LogP contribution in [0.1, 0.15) is 11.1 Å². The van der Waals surface area contributed by atoms with Crippen LogP contribution in [0.15, 0.2) is 12.1 Å². The molecule has 1 N–H and O–H groups in total. The molecule has 3 nitrogen and oxygen atoms in total. The van der Waals surface area contributed by atoms with E-state index in [1.165, 1.54) is 11.8 Å². The molecule has 5 heteroatoms. The number of hydrogen-bond donors (Lipinski definition) is 1. The summed E-state index contributed by atoms with van der Waals surface area (Å²) in [6.45, 7) is 3.85. The predicted octanol–water partition coefficient (Wildman–Crippen LogP) is 3.15. The molecule has 0 aliphatic rings. The van der Waals surface area contributed by atoms with Gasteiger partial charge in [-0.2, -0.15) is 5.26 Å². The molecule has 0 aromatic heterocycles. The number of rotatable bonds is 4. The normalized spacial score (nSPS) is 9.76. The Morgan fingerprint density at radius 2 is 2.24 bits per heavy atom. The number of anilines is 1. The van der Waals surface area contributed by atoms with Gasteiger partial charge in [0.2, 0.25) is 5.91 Å². The number of nitrogens with zero attached hydrogens (tertiary/aromatic N) is 1. The monoisotopic (exact) mass is 268 g/mol. The first-order valence-electron chi connectivity index (χ1n) is 5.06. The Labute approximate surface area is 110 Å². The SMILES string of the molecule is Cc1cc(C)c(NC(=O)CSCC#N)c(Cl)c1. The van der Waals surface area contributed by atoms with Crippen molar-refractivity contribution in [2.75, 3.05) is 16.8 Å². The molecule has 0 atom stereocenters. The van der Waals surface area contributed by atoms with E-state index in [0.29, 0.717) is 16.5 Å². The molecule has 0 saturated heterocycles. The second kappa shape index (κ2) is 6.53. The van der Waals surface area contributed by atoms with Crippen LogP contribution in [-0.2, 0) is 4.79 Å². The topological polar surface area (TPSA) is 52.9 Å². The van der Waals surface area contributed by atoms with Gasteiger partial charge in [-0.05, 0) is 31.0 Å². The lowest BCUT2D eigenvalue weighted by molar-refractivity contribution is -0.113. The number of nitriles is 1. The molecule has 90 valence electrons. The molecule has 0 aliphatic heterocycles. The van der Waals surface area contributed by atoms with Crippen LogP contribution in [-0.4, -0.2) is 17.4 Å². The van der Waals surface area contributed by atoms with Gasteiger partial charge in [0.1, 0.15) is 0 Å². The average molecular weight is 269 g/mol. The number of benzene rings is 1. The Hall–Kier alpha value is -1.18. The lowest BCUT2D eigenvalue weighted by Crippen LogP contribution is -2.15. The lowest BCUT2D eigenvalue weighted by atomic mass is 10.1. The van der Waals surface area contributed by atoms with Gasteiger partial charge < -0.3 is 5.32 Å². The average Bonchev–Trinajstić information content (AvgIpc) is 2.24. The molecule has 1 amide bonds. The van der Waals surface area contributed by atoms with Crippen LogP contribution in [0, 0.1) is 25.2 Å². The van der Waals surface area contributed by atoms with Gasteiger partial charge in [-0.3, -0.25) is 4.79 Å². The van der Waals surface area contributed by atoms with Crippen molar-refractivity contribution in [3.8, 4) is 6.07 Å². The molecule has 0 radical (unpaired) electrons. The van der Waals surface area contributed by atoms with E-state index in [1.54, 1.807) is 0 Å². The van der Waals surface area contributed by atoms with Gasteiger partial charge in [-0.25, -0.2) is 0 Å². The smallest absolute Gasteiger partial charge is 0.234 e. The van der Waals surface area contributed by atoms with Gasteiger partial charge in [0.05, 0.1) is 28.3 Å². The molecule has 0 spiro atoms. The van der Waals surface area contributed by atoms with E-state index >= 15 is 0 Å². The van der Waals surface area contributed by atoms with Gasteiger partial charge in [0.25, 0.3) is 0 Å². The van der Waals surface area contributed by atoms with E-state index in [0.717, 1.165) is 11.1 Å². The maximum absolute atomic E-state index is 11.6. The minimum Gasteiger partial charge on any atom is -0.324 e. The second-order valence-electron chi connectivity index (χ2n) is 3.64. The fourth-order valence-electron chi connectivity index (χ4n) is 1.44. The number of carbonyl (C=O) groups excluding carboxylic acids is 1. The van der Waals surface area contributed by atoms with Crippen molar-refractivity contribution in [1.82, 2.24) is 0 Å². The minimum absolute atomic E-state index is 0.140. The zero-order valence-electron chi connectivity index (χ0n) is 9.71. The van der Waals surface area contributed by atoms with Gasteiger partial charge in [0.15, 0.2) is 0 Å². The van der Waals surface area contributed by atoms with E-state index in [9.17, 15) is 4.79 Å². The zero-order valence-corrected chi connectivity index (χ0v) is 11.3. The quantitative estimate of drug-likeness (QED) is 0.854. The predicted molar refractivity (Wildman–Crippen MR) is 72.5 cm³/mol. The molecular weight excluding hydrogens is 256 g/mol. The fourth-order valence-corrected chi connectivity index (χ4v) is 2.26. The first kappa shape index (κ1) is 13.9. The van der Waals surface area contributed by atoms with Crippen molar-refractivity contribution in [2.45, 2.75) is 13.8 Å². The molecule has 0 fully saturated rings. The number of thioether (sulfide) groups is 1. The maximum atomic E-state index is 11.6. The van der Waals surface area contributed by atoms with E-state index in [4.69, 9.17) is 16.9 Å². The van der Waals surface area contributed by atoms with E-state index in [-0.39, 0.29) is 11.7 Å². The highest BCUT2D eigenvalue weighted by Gasteiger charge is 2.09. The summed E-state index contributed by atoms with van der Waals surface area (Å²) in [5.41, 5.74) is 2.65. The van der Waals surface area contributed by atoms with Gasteiger partial charge >= 0.3 is 0 Å². The molecule has 0 aliphatic carbocycles. The molecule has 17 heavy (non-hydrogen) atoms. The molecule has 0 bridgehead atoms. The number of nitrogens with one attached hydrogen (secondary N) is 1.